The summed E-state index contributed by atoms with van der Waals surface area (Å²) in [7, 11) is 0. The van der Waals surface area contributed by atoms with Crippen LogP contribution in [0.1, 0.15) is 28.4 Å². The van der Waals surface area contributed by atoms with E-state index >= 15 is 0 Å². The third-order valence-corrected chi connectivity index (χ3v) is 3.08. The van der Waals surface area contributed by atoms with Crippen LogP contribution < -0.4 is 10.6 Å². The van der Waals surface area contributed by atoms with Crippen LogP contribution in [0.5, 0.6) is 0 Å². The van der Waals surface area contributed by atoms with Gasteiger partial charge in [-0.2, -0.15) is 0 Å². The fourth-order valence-electron chi connectivity index (χ4n) is 1.18. The maximum Gasteiger partial charge on any atom is 0.261 e. The van der Waals surface area contributed by atoms with E-state index in [0.717, 1.165) is 4.88 Å². The summed E-state index contributed by atoms with van der Waals surface area (Å²) in [6.07, 6.45) is 0. The molecule has 0 radical (unpaired) electrons. The Kier molecular flexibility index (Phi) is 5.15. The highest BCUT2D eigenvalue weighted by molar-refractivity contribution is 7.13. The topological polar surface area (TPSA) is 58.2 Å². The number of carbonyl (C=O) groups excluding carboxylic acids is 2. The Hall–Kier alpha value is -1.36. The first kappa shape index (κ1) is 13.7. The molecule has 0 aliphatic heterocycles. The Balaban J connectivity index is 2.31. The van der Waals surface area contributed by atoms with E-state index < -0.39 is 0 Å². The molecule has 0 saturated carbocycles. The van der Waals surface area contributed by atoms with E-state index in [4.69, 9.17) is 0 Å². The first-order valence-electron chi connectivity index (χ1n) is 5.60. The lowest BCUT2D eigenvalue weighted by atomic mass is 10.2. The predicted molar refractivity (Wildman–Crippen MR) is 69.2 cm³/mol. The van der Waals surface area contributed by atoms with Crippen molar-refractivity contribution in [1.82, 2.24) is 10.6 Å². The average molecular weight is 254 g/mol. The normalized spacial score (nSPS) is 10.4. The zero-order valence-electron chi connectivity index (χ0n) is 10.4. The summed E-state index contributed by atoms with van der Waals surface area (Å²) in [4.78, 5) is 24.7. The number of carbonyl (C=O) groups is 2. The van der Waals surface area contributed by atoms with Crippen LogP contribution in [0.3, 0.4) is 0 Å². The molecule has 0 aromatic carbocycles. The minimum absolute atomic E-state index is 0.0303. The lowest BCUT2D eigenvalue weighted by Crippen LogP contribution is -2.38. The van der Waals surface area contributed by atoms with Gasteiger partial charge in [-0.3, -0.25) is 9.59 Å². The monoisotopic (exact) mass is 254 g/mol. The maximum absolute atomic E-state index is 11.6. The van der Waals surface area contributed by atoms with Crippen LogP contribution in [0.15, 0.2) is 12.1 Å². The standard InChI is InChI=1S/C12H18N2O2S/c1-8(2)6-13-11(15)7-14-12(16)10-5-4-9(3)17-10/h4-5,8H,6-7H2,1-3H3,(H,13,15)(H,14,16). The number of rotatable bonds is 5. The summed E-state index contributed by atoms with van der Waals surface area (Å²) in [5, 5.41) is 5.34. The van der Waals surface area contributed by atoms with Gasteiger partial charge in [0.1, 0.15) is 0 Å². The van der Waals surface area contributed by atoms with Crippen molar-refractivity contribution in [1.29, 1.82) is 0 Å². The highest BCUT2D eigenvalue weighted by Crippen LogP contribution is 2.14. The van der Waals surface area contributed by atoms with Crippen LogP contribution in [0.2, 0.25) is 0 Å². The van der Waals surface area contributed by atoms with Crippen LogP contribution in [-0.4, -0.2) is 24.9 Å². The van der Waals surface area contributed by atoms with Gasteiger partial charge in [-0.05, 0) is 25.0 Å². The van der Waals surface area contributed by atoms with Crippen LogP contribution in [0.4, 0.5) is 0 Å². The van der Waals surface area contributed by atoms with Crippen molar-refractivity contribution < 1.29 is 9.59 Å². The van der Waals surface area contributed by atoms with Gasteiger partial charge < -0.3 is 10.6 Å². The van der Waals surface area contributed by atoms with E-state index in [2.05, 4.69) is 10.6 Å². The van der Waals surface area contributed by atoms with Crippen LogP contribution in [0.25, 0.3) is 0 Å². The second kappa shape index (κ2) is 6.39. The average Bonchev–Trinajstić information content (AvgIpc) is 2.70. The summed E-state index contributed by atoms with van der Waals surface area (Å²) in [5.74, 6) is 0.0673. The molecule has 2 amide bonds. The van der Waals surface area contributed by atoms with Gasteiger partial charge in [0.15, 0.2) is 0 Å². The molecule has 0 aliphatic rings. The molecule has 1 aromatic heterocycles. The zero-order valence-corrected chi connectivity index (χ0v) is 11.2. The Bertz CT molecular complexity index is 399. The molecule has 0 saturated heterocycles. The van der Waals surface area contributed by atoms with Gasteiger partial charge in [-0.15, -0.1) is 11.3 Å². The molecule has 1 aromatic rings. The van der Waals surface area contributed by atoms with Crippen LogP contribution in [-0.2, 0) is 4.79 Å². The van der Waals surface area contributed by atoms with Crippen molar-refractivity contribution in [3.63, 3.8) is 0 Å². The summed E-state index contributed by atoms with van der Waals surface area (Å²) in [6, 6.07) is 3.65. The number of hydrogen-bond acceptors (Lipinski definition) is 3. The summed E-state index contributed by atoms with van der Waals surface area (Å²) in [5.41, 5.74) is 0. The van der Waals surface area contributed by atoms with Crippen molar-refractivity contribution >= 4 is 23.2 Å². The van der Waals surface area contributed by atoms with Gasteiger partial charge >= 0.3 is 0 Å². The first-order valence-corrected chi connectivity index (χ1v) is 6.42. The number of aryl methyl sites for hydroxylation is 1. The fourth-order valence-corrected chi connectivity index (χ4v) is 1.97. The summed E-state index contributed by atoms with van der Waals surface area (Å²) < 4.78 is 0. The largest absolute Gasteiger partial charge is 0.354 e. The fraction of sp³-hybridized carbons (Fsp3) is 0.500. The van der Waals surface area contributed by atoms with E-state index in [1.807, 2.05) is 26.8 Å². The van der Waals surface area contributed by atoms with Gasteiger partial charge in [0, 0.05) is 11.4 Å². The molecule has 0 atom stereocenters. The summed E-state index contributed by atoms with van der Waals surface area (Å²) >= 11 is 1.42. The SMILES string of the molecule is Cc1ccc(C(=O)NCC(=O)NCC(C)C)s1. The van der Waals surface area contributed by atoms with Crippen molar-refractivity contribution in [3.05, 3.63) is 21.9 Å². The number of hydrogen-bond donors (Lipinski definition) is 2. The molecule has 0 fully saturated rings. The van der Waals surface area contributed by atoms with E-state index in [-0.39, 0.29) is 18.4 Å². The van der Waals surface area contributed by atoms with Gasteiger partial charge in [-0.1, -0.05) is 13.8 Å². The third-order valence-electron chi connectivity index (χ3n) is 2.08. The highest BCUT2D eigenvalue weighted by Gasteiger charge is 2.09. The van der Waals surface area contributed by atoms with Gasteiger partial charge in [-0.25, -0.2) is 0 Å². The molecule has 2 N–H and O–H groups in total. The van der Waals surface area contributed by atoms with E-state index in [1.54, 1.807) is 6.07 Å². The summed E-state index contributed by atoms with van der Waals surface area (Å²) in [6.45, 7) is 6.65. The van der Waals surface area contributed by atoms with Crippen LogP contribution >= 0.6 is 11.3 Å². The van der Waals surface area contributed by atoms with Gasteiger partial charge in [0.2, 0.25) is 5.91 Å². The highest BCUT2D eigenvalue weighted by atomic mass is 32.1. The van der Waals surface area contributed by atoms with Gasteiger partial charge in [0.25, 0.3) is 5.91 Å². The number of thiophene rings is 1. The molecule has 0 spiro atoms. The molecule has 0 bridgehead atoms. The molecule has 1 rings (SSSR count). The first-order chi connectivity index (χ1) is 7.99. The van der Waals surface area contributed by atoms with Crippen molar-refractivity contribution in [2.45, 2.75) is 20.8 Å². The third kappa shape index (κ3) is 4.99. The maximum atomic E-state index is 11.6. The molecule has 94 valence electrons. The zero-order chi connectivity index (χ0) is 12.8. The molecule has 17 heavy (non-hydrogen) atoms. The molecule has 5 heteroatoms. The lowest BCUT2D eigenvalue weighted by Gasteiger charge is -2.07. The van der Waals surface area contributed by atoms with Gasteiger partial charge in [0.05, 0.1) is 11.4 Å². The predicted octanol–water partition coefficient (Wildman–Crippen LogP) is 1.56. The molecule has 1 heterocycles. The molecular weight excluding hydrogens is 236 g/mol. The number of amides is 2. The van der Waals surface area contributed by atoms with E-state index in [9.17, 15) is 9.59 Å². The number of nitrogens with one attached hydrogen (secondary N) is 2. The Morgan fingerprint density at radius 1 is 1.29 bits per heavy atom. The van der Waals surface area contributed by atoms with E-state index in [1.165, 1.54) is 11.3 Å². The Morgan fingerprint density at radius 2 is 2.00 bits per heavy atom. The molecular formula is C12H18N2O2S. The van der Waals surface area contributed by atoms with Crippen LogP contribution in [0, 0.1) is 12.8 Å². The second-order valence-corrected chi connectivity index (χ2v) is 5.58. The molecule has 0 aliphatic carbocycles. The Labute approximate surface area is 105 Å². The smallest absolute Gasteiger partial charge is 0.261 e. The molecule has 4 nitrogen and oxygen atoms in total. The van der Waals surface area contributed by atoms with Crippen molar-refractivity contribution in [2.75, 3.05) is 13.1 Å². The Morgan fingerprint density at radius 3 is 2.53 bits per heavy atom. The quantitative estimate of drug-likeness (QED) is 0.837. The van der Waals surface area contributed by atoms with Crippen molar-refractivity contribution in [3.8, 4) is 0 Å². The molecule has 0 unspecified atom stereocenters. The minimum Gasteiger partial charge on any atom is -0.354 e. The van der Waals surface area contributed by atoms with E-state index in [0.29, 0.717) is 17.3 Å². The minimum atomic E-state index is -0.192. The lowest BCUT2D eigenvalue weighted by molar-refractivity contribution is -0.120. The van der Waals surface area contributed by atoms with Crippen molar-refractivity contribution in [2.24, 2.45) is 5.92 Å². The second-order valence-electron chi connectivity index (χ2n) is 4.29.